The monoisotopic (exact) mass is 343 g/mol. The Balaban J connectivity index is 2.25. The van der Waals surface area contributed by atoms with E-state index < -0.39 is 0 Å². The van der Waals surface area contributed by atoms with E-state index in [1.807, 2.05) is 0 Å². The molecule has 1 aromatic heterocycles. The van der Waals surface area contributed by atoms with Crippen LogP contribution in [0.3, 0.4) is 0 Å². The van der Waals surface area contributed by atoms with Crippen molar-refractivity contribution in [1.29, 1.82) is 0 Å². The van der Waals surface area contributed by atoms with E-state index in [9.17, 15) is 4.79 Å². The van der Waals surface area contributed by atoms with Gasteiger partial charge >= 0.3 is 0 Å². The van der Waals surface area contributed by atoms with Gasteiger partial charge in [0.25, 0.3) is 5.56 Å². The molecule has 2 aromatic rings. The van der Waals surface area contributed by atoms with E-state index in [2.05, 4.69) is 15.0 Å². The molecule has 0 aliphatic heterocycles. The van der Waals surface area contributed by atoms with Gasteiger partial charge in [-0.15, -0.1) is 0 Å². The standard InChI is InChI=1S/C14H12Cl3N3O/c1-7-8(2)19-12(20-14(7)21)6-18-5-9-10(15)3-4-11(16)13(9)17/h3-5H,6H2,1-2H3,(H,19,20,21). The maximum absolute atomic E-state index is 11.6. The number of hydrogen-bond acceptors (Lipinski definition) is 3. The van der Waals surface area contributed by atoms with Crippen molar-refractivity contribution >= 4 is 41.0 Å². The van der Waals surface area contributed by atoms with Gasteiger partial charge in [0.1, 0.15) is 5.82 Å². The van der Waals surface area contributed by atoms with Crippen molar-refractivity contribution < 1.29 is 0 Å². The summed E-state index contributed by atoms with van der Waals surface area (Å²) in [6.07, 6.45) is 1.52. The zero-order valence-corrected chi connectivity index (χ0v) is 13.6. The summed E-state index contributed by atoms with van der Waals surface area (Å²) in [5.41, 5.74) is 1.66. The Bertz CT molecular complexity index is 769. The van der Waals surface area contributed by atoms with Gasteiger partial charge in [0.05, 0.1) is 21.6 Å². The average molecular weight is 345 g/mol. The smallest absolute Gasteiger partial charge is 0.254 e. The van der Waals surface area contributed by atoms with Gasteiger partial charge in [-0.1, -0.05) is 34.8 Å². The molecule has 0 saturated carbocycles. The summed E-state index contributed by atoms with van der Waals surface area (Å²) in [6, 6.07) is 3.26. The highest BCUT2D eigenvalue weighted by atomic mass is 35.5. The highest BCUT2D eigenvalue weighted by Gasteiger charge is 2.07. The van der Waals surface area contributed by atoms with E-state index in [-0.39, 0.29) is 12.1 Å². The van der Waals surface area contributed by atoms with Crippen molar-refractivity contribution in [3.8, 4) is 0 Å². The second kappa shape index (κ2) is 6.60. The molecule has 7 heteroatoms. The molecule has 4 nitrogen and oxygen atoms in total. The molecule has 2 rings (SSSR count). The molecule has 0 amide bonds. The van der Waals surface area contributed by atoms with E-state index in [4.69, 9.17) is 34.8 Å². The first-order valence-corrected chi connectivity index (χ1v) is 7.23. The third-order valence-corrected chi connectivity index (χ3v) is 4.13. The van der Waals surface area contributed by atoms with Crippen LogP contribution >= 0.6 is 34.8 Å². The Kier molecular flexibility index (Phi) is 5.04. The molecule has 0 unspecified atom stereocenters. The fraction of sp³-hybridized carbons (Fsp3) is 0.214. The Morgan fingerprint density at radius 2 is 1.90 bits per heavy atom. The van der Waals surface area contributed by atoms with Crippen molar-refractivity contribution in [2.24, 2.45) is 4.99 Å². The van der Waals surface area contributed by atoms with E-state index >= 15 is 0 Å². The van der Waals surface area contributed by atoms with Crippen LogP contribution in [-0.2, 0) is 6.54 Å². The van der Waals surface area contributed by atoms with Crippen molar-refractivity contribution in [3.63, 3.8) is 0 Å². The van der Waals surface area contributed by atoms with Gasteiger partial charge in [-0.05, 0) is 26.0 Å². The molecule has 21 heavy (non-hydrogen) atoms. The molecule has 0 atom stereocenters. The van der Waals surface area contributed by atoms with Crippen LogP contribution in [0.1, 0.15) is 22.6 Å². The van der Waals surface area contributed by atoms with E-state index in [0.29, 0.717) is 37.7 Å². The van der Waals surface area contributed by atoms with Gasteiger partial charge < -0.3 is 4.98 Å². The Hall–Kier alpha value is -1.36. The number of hydrogen-bond donors (Lipinski definition) is 1. The highest BCUT2D eigenvalue weighted by Crippen LogP contribution is 2.30. The van der Waals surface area contributed by atoms with Gasteiger partial charge in [0.15, 0.2) is 0 Å². The molecule has 0 saturated heterocycles. The Morgan fingerprint density at radius 1 is 1.24 bits per heavy atom. The molecular weight excluding hydrogens is 333 g/mol. The minimum absolute atomic E-state index is 0.161. The van der Waals surface area contributed by atoms with Crippen molar-refractivity contribution in [3.05, 3.63) is 60.2 Å². The summed E-state index contributed by atoms with van der Waals surface area (Å²) in [5.74, 6) is 0.480. The summed E-state index contributed by atoms with van der Waals surface area (Å²) in [5, 5.41) is 1.20. The first-order valence-electron chi connectivity index (χ1n) is 6.10. The molecule has 1 heterocycles. The molecule has 0 aliphatic rings. The lowest BCUT2D eigenvalue weighted by Gasteiger charge is -2.04. The third kappa shape index (κ3) is 3.64. The second-order valence-corrected chi connectivity index (χ2v) is 5.64. The molecule has 1 aromatic carbocycles. The van der Waals surface area contributed by atoms with Gasteiger partial charge in [-0.3, -0.25) is 9.79 Å². The summed E-state index contributed by atoms with van der Waals surface area (Å²) in [4.78, 5) is 22.8. The zero-order valence-electron chi connectivity index (χ0n) is 11.4. The van der Waals surface area contributed by atoms with Crippen molar-refractivity contribution in [2.75, 3.05) is 0 Å². The lowest BCUT2D eigenvalue weighted by atomic mass is 10.2. The number of aliphatic imine (C=N–C) groups is 1. The number of aryl methyl sites for hydroxylation is 1. The van der Waals surface area contributed by atoms with Crippen LogP contribution < -0.4 is 5.56 Å². The van der Waals surface area contributed by atoms with Crippen LogP contribution in [0, 0.1) is 13.8 Å². The zero-order chi connectivity index (χ0) is 15.6. The fourth-order valence-corrected chi connectivity index (χ4v) is 2.30. The third-order valence-electron chi connectivity index (χ3n) is 2.98. The first kappa shape index (κ1) is 16.0. The number of aromatic amines is 1. The summed E-state index contributed by atoms with van der Waals surface area (Å²) < 4.78 is 0. The number of nitrogens with zero attached hydrogens (tertiary/aromatic N) is 2. The minimum Gasteiger partial charge on any atom is -0.309 e. The van der Waals surface area contributed by atoms with Crippen LogP contribution in [0.15, 0.2) is 21.9 Å². The van der Waals surface area contributed by atoms with Crippen molar-refractivity contribution in [1.82, 2.24) is 9.97 Å². The van der Waals surface area contributed by atoms with Crippen LogP contribution in [-0.4, -0.2) is 16.2 Å². The van der Waals surface area contributed by atoms with Crippen LogP contribution in [0.25, 0.3) is 0 Å². The normalized spacial score (nSPS) is 11.3. The van der Waals surface area contributed by atoms with E-state index in [1.165, 1.54) is 6.21 Å². The molecule has 0 radical (unpaired) electrons. The number of aromatic nitrogens is 2. The number of halogens is 3. The summed E-state index contributed by atoms with van der Waals surface area (Å²) in [6.45, 7) is 3.72. The molecule has 0 spiro atoms. The van der Waals surface area contributed by atoms with Gasteiger partial charge in [-0.2, -0.15) is 0 Å². The van der Waals surface area contributed by atoms with Crippen LogP contribution in [0.2, 0.25) is 15.1 Å². The lowest BCUT2D eigenvalue weighted by molar-refractivity contribution is 0.865. The van der Waals surface area contributed by atoms with Gasteiger partial charge in [0, 0.05) is 23.0 Å². The topological polar surface area (TPSA) is 58.1 Å². The number of H-pyrrole nitrogens is 1. The maximum Gasteiger partial charge on any atom is 0.254 e. The second-order valence-electron chi connectivity index (χ2n) is 4.45. The average Bonchev–Trinajstić information content (AvgIpc) is 2.44. The summed E-state index contributed by atoms with van der Waals surface area (Å²) in [7, 11) is 0. The minimum atomic E-state index is -0.161. The first-order chi connectivity index (χ1) is 9.90. The largest absolute Gasteiger partial charge is 0.309 e. The Morgan fingerprint density at radius 3 is 2.57 bits per heavy atom. The molecule has 1 N–H and O–H groups in total. The predicted octanol–water partition coefficient (Wildman–Crippen LogP) is 3.97. The Labute approximate surface area is 136 Å². The molecule has 0 bridgehead atoms. The number of benzene rings is 1. The van der Waals surface area contributed by atoms with Gasteiger partial charge in [-0.25, -0.2) is 4.98 Å². The fourth-order valence-electron chi connectivity index (χ4n) is 1.66. The molecule has 110 valence electrons. The maximum atomic E-state index is 11.6. The van der Waals surface area contributed by atoms with Crippen molar-refractivity contribution in [2.45, 2.75) is 20.4 Å². The van der Waals surface area contributed by atoms with E-state index in [1.54, 1.807) is 26.0 Å². The van der Waals surface area contributed by atoms with Gasteiger partial charge in [0.2, 0.25) is 0 Å². The summed E-state index contributed by atoms with van der Waals surface area (Å²) >= 11 is 18.0. The van der Waals surface area contributed by atoms with Crippen LogP contribution in [0.5, 0.6) is 0 Å². The molecular formula is C14H12Cl3N3O. The van der Waals surface area contributed by atoms with E-state index in [0.717, 1.165) is 0 Å². The SMILES string of the molecule is Cc1nc(CN=Cc2c(Cl)ccc(Cl)c2Cl)[nH]c(=O)c1C. The number of nitrogens with one attached hydrogen (secondary N) is 1. The number of rotatable bonds is 3. The van der Waals surface area contributed by atoms with Crippen LogP contribution in [0.4, 0.5) is 0 Å². The molecule has 0 aliphatic carbocycles. The quantitative estimate of drug-likeness (QED) is 0.676. The predicted molar refractivity (Wildman–Crippen MR) is 87.1 cm³/mol. The molecule has 0 fully saturated rings. The highest BCUT2D eigenvalue weighted by molar-refractivity contribution is 6.45. The lowest BCUT2D eigenvalue weighted by Crippen LogP contribution is -2.16.